The summed E-state index contributed by atoms with van der Waals surface area (Å²) < 4.78 is 7.34. The summed E-state index contributed by atoms with van der Waals surface area (Å²) in [5.74, 6) is 1.94. The van der Waals surface area contributed by atoms with E-state index in [2.05, 4.69) is 31.3 Å². The van der Waals surface area contributed by atoms with Crippen LogP contribution in [0.5, 0.6) is 5.75 Å². The van der Waals surface area contributed by atoms with E-state index in [1.807, 2.05) is 28.8 Å². The zero-order valence-corrected chi connectivity index (χ0v) is 15.0. The van der Waals surface area contributed by atoms with Crippen molar-refractivity contribution in [1.82, 2.24) is 14.5 Å². The first kappa shape index (κ1) is 16.3. The Morgan fingerprint density at radius 3 is 2.62 bits per heavy atom. The number of aromatic nitrogens is 3. The fourth-order valence-electron chi connectivity index (χ4n) is 2.68. The summed E-state index contributed by atoms with van der Waals surface area (Å²) in [5, 5.41) is 11.8. The van der Waals surface area contributed by atoms with E-state index in [4.69, 9.17) is 15.9 Å². The molecule has 1 radical (unpaired) electrons. The Morgan fingerprint density at radius 1 is 1.33 bits per heavy atom. The zero-order valence-electron chi connectivity index (χ0n) is 13.3. The molecule has 3 aromatic rings. The number of rotatable bonds is 5. The van der Waals surface area contributed by atoms with E-state index < -0.39 is 0 Å². The number of nitrogen functional groups attached to an aromatic ring is 1. The molecule has 123 valence electrons. The Hall–Kier alpha value is -2.57. The molecule has 2 aromatic heterocycles. The molecule has 0 bridgehead atoms. The molecule has 0 amide bonds. The van der Waals surface area contributed by atoms with Gasteiger partial charge in [-0.1, -0.05) is 0 Å². The van der Waals surface area contributed by atoms with Crippen molar-refractivity contribution in [3.63, 3.8) is 0 Å². The summed E-state index contributed by atoms with van der Waals surface area (Å²) in [6, 6.07) is 7.77. The van der Waals surface area contributed by atoms with Crippen LogP contribution < -0.4 is 15.8 Å². The van der Waals surface area contributed by atoms with Crippen LogP contribution in [0, 0.1) is 5.41 Å². The number of nitrogens with one attached hydrogen (secondary N) is 2. The average Bonchev–Trinajstić information content (AvgIpc) is 2.88. The standard InChI is InChI=1S/C16H17N6OSe/c1-19-15-12-11(14(18)24)13(17)22(16(12)21-8-20-15)7-9-3-5-10(23-2)6-4-9/h3-6,8,18H,7,17H2,1-2H3,(H,19,20,21). The van der Waals surface area contributed by atoms with Crippen LogP contribution in [0.1, 0.15) is 11.1 Å². The number of nitrogens with zero attached hydrogens (tertiary/aromatic N) is 3. The van der Waals surface area contributed by atoms with Gasteiger partial charge >= 0.3 is 147 Å². The van der Waals surface area contributed by atoms with Crippen LogP contribution in [0.2, 0.25) is 0 Å². The summed E-state index contributed by atoms with van der Waals surface area (Å²) in [6.07, 6.45) is 1.49. The molecular weight excluding hydrogens is 371 g/mol. The first-order chi connectivity index (χ1) is 11.6. The Kier molecular flexibility index (Phi) is 4.42. The number of methoxy groups -OCH3 is 1. The zero-order chi connectivity index (χ0) is 17.3. The minimum atomic E-state index is 0.261. The molecular formula is C16H17N6OSe. The Bertz CT molecular complexity index is 903. The SMILES string of the molecule is CNc1ncnc2c1c(C(=N)[Se])c(N)n2Cc1ccc(OC)cc1. The molecule has 3 rings (SSSR count). The number of ether oxygens (including phenoxy) is 1. The molecule has 0 saturated heterocycles. The second-order valence-electron chi connectivity index (χ2n) is 5.19. The van der Waals surface area contributed by atoms with Gasteiger partial charge in [0, 0.05) is 0 Å². The third-order valence-electron chi connectivity index (χ3n) is 3.84. The first-order valence-corrected chi connectivity index (χ1v) is 8.11. The molecule has 0 saturated carbocycles. The minimum absolute atomic E-state index is 0.261. The Labute approximate surface area is 147 Å². The number of anilines is 2. The van der Waals surface area contributed by atoms with Gasteiger partial charge in [0.05, 0.1) is 0 Å². The van der Waals surface area contributed by atoms with E-state index in [1.54, 1.807) is 14.2 Å². The molecule has 8 heteroatoms. The molecule has 4 N–H and O–H groups in total. The van der Waals surface area contributed by atoms with Gasteiger partial charge in [-0.25, -0.2) is 0 Å². The molecule has 24 heavy (non-hydrogen) atoms. The molecule has 0 aliphatic carbocycles. The predicted octanol–water partition coefficient (Wildman–Crippen LogP) is 1.61. The average molecular weight is 388 g/mol. The van der Waals surface area contributed by atoms with E-state index in [9.17, 15) is 0 Å². The fourth-order valence-corrected chi connectivity index (χ4v) is 3.11. The Morgan fingerprint density at radius 2 is 2.04 bits per heavy atom. The van der Waals surface area contributed by atoms with Crippen LogP contribution in [0.25, 0.3) is 11.0 Å². The number of benzene rings is 1. The number of fused-ring (bicyclic) bond motifs is 1. The summed E-state index contributed by atoms with van der Waals surface area (Å²) in [7, 11) is 3.42. The topological polar surface area (TPSA) is 102 Å². The van der Waals surface area contributed by atoms with Crippen molar-refractivity contribution < 1.29 is 4.74 Å². The Balaban J connectivity index is 2.16. The van der Waals surface area contributed by atoms with E-state index >= 15 is 0 Å². The van der Waals surface area contributed by atoms with Gasteiger partial charge in [-0.3, -0.25) is 0 Å². The molecule has 0 unspecified atom stereocenters. The summed E-state index contributed by atoms with van der Waals surface area (Å²) >= 11 is 2.72. The van der Waals surface area contributed by atoms with Crippen LogP contribution in [-0.4, -0.2) is 49.3 Å². The van der Waals surface area contributed by atoms with Gasteiger partial charge in [-0.05, 0) is 0 Å². The molecule has 7 nitrogen and oxygen atoms in total. The predicted molar refractivity (Wildman–Crippen MR) is 96.2 cm³/mol. The van der Waals surface area contributed by atoms with Crippen LogP contribution in [0.3, 0.4) is 0 Å². The van der Waals surface area contributed by atoms with Gasteiger partial charge in [0.2, 0.25) is 0 Å². The maximum absolute atomic E-state index is 8.03. The molecule has 0 fully saturated rings. The van der Waals surface area contributed by atoms with Gasteiger partial charge in [-0.2, -0.15) is 0 Å². The van der Waals surface area contributed by atoms with E-state index in [-0.39, 0.29) is 4.61 Å². The van der Waals surface area contributed by atoms with Gasteiger partial charge < -0.3 is 0 Å². The summed E-state index contributed by atoms with van der Waals surface area (Å²) in [4.78, 5) is 8.61. The molecule has 0 atom stereocenters. The van der Waals surface area contributed by atoms with E-state index in [1.165, 1.54) is 6.33 Å². The van der Waals surface area contributed by atoms with Crippen molar-refractivity contribution in [3.8, 4) is 5.75 Å². The first-order valence-electron chi connectivity index (χ1n) is 7.26. The van der Waals surface area contributed by atoms with Crippen LogP contribution in [-0.2, 0) is 6.54 Å². The van der Waals surface area contributed by atoms with Crippen molar-refractivity contribution in [2.45, 2.75) is 6.54 Å². The molecule has 0 aliphatic rings. The number of nitrogens with two attached hydrogens (primary N) is 1. The van der Waals surface area contributed by atoms with Crippen LogP contribution in [0.4, 0.5) is 11.6 Å². The normalized spacial score (nSPS) is 10.8. The summed E-state index contributed by atoms with van der Waals surface area (Å²) in [6.45, 7) is 0.541. The van der Waals surface area contributed by atoms with E-state index in [0.29, 0.717) is 29.4 Å². The van der Waals surface area contributed by atoms with Gasteiger partial charge in [0.1, 0.15) is 0 Å². The van der Waals surface area contributed by atoms with Crippen molar-refractivity contribution in [3.05, 3.63) is 41.7 Å². The third kappa shape index (κ3) is 2.70. The van der Waals surface area contributed by atoms with Crippen molar-refractivity contribution in [2.75, 3.05) is 25.2 Å². The maximum atomic E-state index is 8.03. The molecule has 2 heterocycles. The van der Waals surface area contributed by atoms with Gasteiger partial charge in [-0.15, -0.1) is 0 Å². The number of hydrogen-bond acceptors (Lipinski definition) is 6. The fraction of sp³-hybridized carbons (Fsp3) is 0.188. The molecule has 0 spiro atoms. The van der Waals surface area contributed by atoms with Gasteiger partial charge in [0.15, 0.2) is 0 Å². The van der Waals surface area contributed by atoms with Gasteiger partial charge in [0.25, 0.3) is 0 Å². The number of hydrogen-bond donors (Lipinski definition) is 3. The monoisotopic (exact) mass is 389 g/mol. The third-order valence-corrected chi connectivity index (χ3v) is 4.27. The van der Waals surface area contributed by atoms with Crippen LogP contribution in [0.15, 0.2) is 30.6 Å². The van der Waals surface area contributed by atoms with Crippen molar-refractivity contribution >= 4 is 43.3 Å². The van der Waals surface area contributed by atoms with Crippen molar-refractivity contribution in [2.24, 2.45) is 0 Å². The van der Waals surface area contributed by atoms with E-state index in [0.717, 1.165) is 16.7 Å². The second kappa shape index (κ2) is 6.51. The van der Waals surface area contributed by atoms with Crippen molar-refractivity contribution in [1.29, 1.82) is 5.41 Å². The molecule has 1 aromatic carbocycles. The molecule has 0 aliphatic heterocycles. The quantitative estimate of drug-likeness (QED) is 0.455. The second-order valence-corrected chi connectivity index (χ2v) is 6.05. The summed E-state index contributed by atoms with van der Waals surface area (Å²) in [5.41, 5.74) is 8.69. The van der Waals surface area contributed by atoms with Crippen LogP contribution >= 0.6 is 0 Å².